The lowest BCUT2D eigenvalue weighted by Gasteiger charge is -2.38. The number of halogens is 1. The first-order valence-electron chi connectivity index (χ1n) is 10.4. The zero-order valence-electron chi connectivity index (χ0n) is 17.5. The van der Waals surface area contributed by atoms with Gasteiger partial charge >= 0.3 is 5.97 Å². The minimum absolute atomic E-state index is 0.0761. The van der Waals surface area contributed by atoms with Crippen molar-refractivity contribution in [1.29, 1.82) is 0 Å². The normalized spacial score (nSPS) is 22.4. The molecule has 0 amide bonds. The van der Waals surface area contributed by atoms with Crippen LogP contribution in [-0.4, -0.2) is 37.5 Å². The van der Waals surface area contributed by atoms with Gasteiger partial charge in [-0.3, -0.25) is 9.79 Å². The number of benzene rings is 2. The number of carbonyl (C=O) groups excluding carboxylic acids is 1. The maximum atomic E-state index is 13.5. The molecule has 1 aliphatic carbocycles. The third-order valence-electron chi connectivity index (χ3n) is 5.80. The number of esters is 1. The van der Waals surface area contributed by atoms with Crippen LogP contribution < -0.4 is 9.47 Å². The molecule has 0 radical (unpaired) electrons. The van der Waals surface area contributed by atoms with E-state index in [1.54, 1.807) is 19.2 Å². The van der Waals surface area contributed by atoms with Crippen LogP contribution in [0.5, 0.6) is 11.5 Å². The third kappa shape index (κ3) is 3.91. The Morgan fingerprint density at radius 1 is 1.17 bits per heavy atom. The molecule has 3 atom stereocenters. The molecule has 0 spiro atoms. The monoisotopic (exact) mass is 411 g/mol. The molecular weight excluding hydrogens is 385 g/mol. The molecule has 0 aromatic heterocycles. The van der Waals surface area contributed by atoms with E-state index in [2.05, 4.69) is 0 Å². The molecule has 4 rings (SSSR count). The molecule has 2 aromatic carbocycles. The lowest BCUT2D eigenvalue weighted by Crippen LogP contribution is -2.36. The van der Waals surface area contributed by atoms with Crippen molar-refractivity contribution in [3.05, 3.63) is 58.9 Å². The first kappa shape index (κ1) is 20.4. The Labute approximate surface area is 175 Å². The number of rotatable bonds is 5. The molecule has 5 nitrogen and oxygen atoms in total. The average Bonchev–Trinajstić information content (AvgIpc) is 2.73. The van der Waals surface area contributed by atoms with Gasteiger partial charge in [0, 0.05) is 24.0 Å². The van der Waals surface area contributed by atoms with E-state index in [0.29, 0.717) is 18.1 Å². The Bertz CT molecular complexity index is 970. The maximum absolute atomic E-state index is 13.5. The molecular formula is C24H26FNO4. The van der Waals surface area contributed by atoms with Crippen molar-refractivity contribution in [2.75, 3.05) is 13.7 Å². The molecule has 158 valence electrons. The minimum atomic E-state index is -0.278. The van der Waals surface area contributed by atoms with Gasteiger partial charge in [0.25, 0.3) is 0 Å². The van der Waals surface area contributed by atoms with Crippen molar-refractivity contribution in [2.45, 2.75) is 51.2 Å². The van der Waals surface area contributed by atoms with Crippen molar-refractivity contribution in [3.63, 3.8) is 0 Å². The first-order chi connectivity index (χ1) is 14.5. The Hall–Kier alpha value is -2.89. The van der Waals surface area contributed by atoms with Crippen LogP contribution in [-0.2, 0) is 9.53 Å². The molecule has 2 aromatic rings. The van der Waals surface area contributed by atoms with E-state index in [0.717, 1.165) is 41.7 Å². The Morgan fingerprint density at radius 3 is 2.60 bits per heavy atom. The van der Waals surface area contributed by atoms with Crippen LogP contribution in [0.15, 0.2) is 41.4 Å². The topological polar surface area (TPSA) is 57.1 Å². The first-order valence-corrected chi connectivity index (χ1v) is 10.4. The molecule has 0 saturated heterocycles. The standard InChI is InChI=1S/C24H26FNO4/c1-4-29-23-12-18-19-11-17(30-14(2)27)9-10-21(19)26-24(20(18)13-22(23)28-3)15-5-7-16(25)8-6-15/h5-8,12-13,17,19,21H,4,9-11H2,1-3H3. The molecule has 0 N–H and O–H groups in total. The summed E-state index contributed by atoms with van der Waals surface area (Å²) in [6.45, 7) is 3.91. The van der Waals surface area contributed by atoms with Crippen LogP contribution in [0.4, 0.5) is 4.39 Å². The summed E-state index contributed by atoms with van der Waals surface area (Å²) in [4.78, 5) is 16.6. The van der Waals surface area contributed by atoms with Crippen molar-refractivity contribution in [3.8, 4) is 11.5 Å². The van der Waals surface area contributed by atoms with E-state index in [9.17, 15) is 9.18 Å². The number of fused-ring (bicyclic) bond motifs is 3. The predicted octanol–water partition coefficient (Wildman–Crippen LogP) is 4.65. The number of hydrogen-bond donors (Lipinski definition) is 0. The van der Waals surface area contributed by atoms with Crippen LogP contribution in [0, 0.1) is 5.82 Å². The second-order valence-corrected chi connectivity index (χ2v) is 7.73. The van der Waals surface area contributed by atoms with E-state index in [1.165, 1.54) is 19.1 Å². The van der Waals surface area contributed by atoms with Gasteiger partial charge in [-0.25, -0.2) is 4.39 Å². The number of aliphatic imine (C=N–C) groups is 1. The quantitative estimate of drug-likeness (QED) is 0.672. The zero-order valence-corrected chi connectivity index (χ0v) is 17.5. The zero-order chi connectivity index (χ0) is 21.3. The highest BCUT2D eigenvalue weighted by molar-refractivity contribution is 6.15. The van der Waals surface area contributed by atoms with Gasteiger partial charge in [-0.15, -0.1) is 0 Å². The van der Waals surface area contributed by atoms with Gasteiger partial charge in [-0.05, 0) is 68.1 Å². The Balaban J connectivity index is 1.82. The highest BCUT2D eigenvalue weighted by Crippen LogP contribution is 2.45. The van der Waals surface area contributed by atoms with Gasteiger partial charge in [0.05, 0.1) is 25.5 Å². The number of carbonyl (C=O) groups is 1. The summed E-state index contributed by atoms with van der Waals surface area (Å²) in [6.07, 6.45) is 2.21. The molecule has 0 bridgehead atoms. The van der Waals surface area contributed by atoms with Gasteiger partial charge in [-0.1, -0.05) is 0 Å². The summed E-state index contributed by atoms with van der Waals surface area (Å²) < 4.78 is 30.4. The number of ether oxygens (including phenoxy) is 3. The van der Waals surface area contributed by atoms with Crippen LogP contribution in [0.2, 0.25) is 0 Å². The molecule has 3 unspecified atom stereocenters. The van der Waals surface area contributed by atoms with Crippen LogP contribution in [0.3, 0.4) is 0 Å². The van der Waals surface area contributed by atoms with E-state index < -0.39 is 0 Å². The maximum Gasteiger partial charge on any atom is 0.302 e. The van der Waals surface area contributed by atoms with Gasteiger partial charge in [-0.2, -0.15) is 0 Å². The van der Waals surface area contributed by atoms with E-state index in [1.807, 2.05) is 19.1 Å². The van der Waals surface area contributed by atoms with Gasteiger partial charge < -0.3 is 14.2 Å². The SMILES string of the molecule is CCOc1cc2c(cc1OC)C(c1ccc(F)cc1)=NC1CCC(OC(C)=O)CC21. The van der Waals surface area contributed by atoms with Gasteiger partial charge in [0.1, 0.15) is 11.9 Å². The summed E-state index contributed by atoms with van der Waals surface area (Å²) >= 11 is 0. The molecule has 30 heavy (non-hydrogen) atoms. The van der Waals surface area contributed by atoms with Crippen molar-refractivity contribution < 1.29 is 23.4 Å². The summed E-state index contributed by atoms with van der Waals surface area (Å²) in [5.41, 5.74) is 3.75. The summed E-state index contributed by atoms with van der Waals surface area (Å²) in [6, 6.07) is 10.5. The number of hydrogen-bond acceptors (Lipinski definition) is 5. The minimum Gasteiger partial charge on any atom is -0.493 e. The third-order valence-corrected chi connectivity index (χ3v) is 5.80. The second-order valence-electron chi connectivity index (χ2n) is 7.73. The molecule has 1 heterocycles. The molecule has 2 aliphatic rings. The van der Waals surface area contributed by atoms with Crippen LogP contribution in [0.1, 0.15) is 55.7 Å². The molecule has 1 aliphatic heterocycles. The Kier molecular flexibility index (Phi) is 5.75. The van der Waals surface area contributed by atoms with E-state index in [4.69, 9.17) is 19.2 Å². The van der Waals surface area contributed by atoms with Crippen LogP contribution >= 0.6 is 0 Å². The fraction of sp³-hybridized carbons (Fsp3) is 0.417. The molecule has 1 saturated carbocycles. The lowest BCUT2D eigenvalue weighted by molar-refractivity contribution is -0.148. The fourth-order valence-corrected chi connectivity index (χ4v) is 4.54. The summed E-state index contributed by atoms with van der Waals surface area (Å²) in [5, 5.41) is 0. The summed E-state index contributed by atoms with van der Waals surface area (Å²) in [7, 11) is 1.61. The highest BCUT2D eigenvalue weighted by Gasteiger charge is 2.38. The Morgan fingerprint density at radius 2 is 1.93 bits per heavy atom. The number of methoxy groups -OCH3 is 1. The lowest BCUT2D eigenvalue weighted by atomic mass is 9.74. The van der Waals surface area contributed by atoms with Crippen LogP contribution in [0.25, 0.3) is 0 Å². The largest absolute Gasteiger partial charge is 0.493 e. The summed E-state index contributed by atoms with van der Waals surface area (Å²) in [5.74, 6) is 0.908. The van der Waals surface area contributed by atoms with E-state index in [-0.39, 0.29) is 29.9 Å². The average molecular weight is 411 g/mol. The van der Waals surface area contributed by atoms with Crippen molar-refractivity contribution >= 4 is 11.7 Å². The van der Waals surface area contributed by atoms with Crippen molar-refractivity contribution in [2.24, 2.45) is 4.99 Å². The fourth-order valence-electron chi connectivity index (χ4n) is 4.54. The molecule has 6 heteroatoms. The smallest absolute Gasteiger partial charge is 0.302 e. The number of nitrogens with zero attached hydrogens (tertiary/aromatic N) is 1. The highest BCUT2D eigenvalue weighted by atomic mass is 19.1. The predicted molar refractivity (Wildman–Crippen MR) is 112 cm³/mol. The van der Waals surface area contributed by atoms with E-state index >= 15 is 0 Å². The molecule has 1 fully saturated rings. The van der Waals surface area contributed by atoms with Crippen molar-refractivity contribution in [1.82, 2.24) is 0 Å². The van der Waals surface area contributed by atoms with Gasteiger partial charge in [0.2, 0.25) is 0 Å². The second kappa shape index (κ2) is 8.46. The van der Waals surface area contributed by atoms with Gasteiger partial charge in [0.15, 0.2) is 11.5 Å².